The smallest absolute Gasteiger partial charge is 0.316 e. The van der Waals surface area contributed by atoms with Crippen molar-refractivity contribution in [3.05, 3.63) is 54.6 Å². The number of aromatic nitrogens is 2. The number of carbonyl (C=O) groups excluding carboxylic acids is 1. The van der Waals surface area contributed by atoms with Gasteiger partial charge in [-0.3, -0.25) is 4.79 Å². The van der Waals surface area contributed by atoms with Crippen LogP contribution in [0.2, 0.25) is 0 Å². The number of hydrogen-bond acceptors (Lipinski definition) is 6. The molecule has 0 bridgehead atoms. The molecule has 0 aliphatic carbocycles. The minimum Gasteiger partial charge on any atom is -0.465 e. The molecule has 3 aromatic rings. The van der Waals surface area contributed by atoms with Gasteiger partial charge >= 0.3 is 5.97 Å². The van der Waals surface area contributed by atoms with Crippen molar-refractivity contribution in [1.82, 2.24) is 9.97 Å². The highest BCUT2D eigenvalue weighted by Crippen LogP contribution is 2.32. The Morgan fingerprint density at radius 3 is 2.36 bits per heavy atom. The molecule has 2 aromatic carbocycles. The molecule has 1 aromatic heterocycles. The van der Waals surface area contributed by atoms with Crippen molar-refractivity contribution in [3.8, 4) is 22.6 Å². The zero-order chi connectivity index (χ0) is 20.1. The van der Waals surface area contributed by atoms with Crippen molar-refractivity contribution < 1.29 is 17.9 Å². The number of benzene rings is 2. The van der Waals surface area contributed by atoms with Crippen LogP contribution >= 0.6 is 11.8 Å². The summed E-state index contributed by atoms with van der Waals surface area (Å²) in [5.41, 5.74) is 2.50. The Balaban J connectivity index is 1.95. The Kier molecular flexibility index (Phi) is 6.21. The third-order valence-corrected chi connectivity index (χ3v) is 6.00. The van der Waals surface area contributed by atoms with Crippen LogP contribution in [-0.4, -0.2) is 43.0 Å². The Hall–Kier alpha value is -2.58. The number of carbonyl (C=O) groups is 1. The first-order valence-electron chi connectivity index (χ1n) is 8.63. The van der Waals surface area contributed by atoms with Crippen molar-refractivity contribution in [1.29, 1.82) is 0 Å². The van der Waals surface area contributed by atoms with E-state index in [4.69, 9.17) is 4.74 Å². The summed E-state index contributed by atoms with van der Waals surface area (Å²) in [5.74, 6) is 0.462. The average molecular weight is 417 g/mol. The van der Waals surface area contributed by atoms with Crippen LogP contribution in [0.3, 0.4) is 0 Å². The van der Waals surface area contributed by atoms with E-state index in [1.54, 1.807) is 31.2 Å². The van der Waals surface area contributed by atoms with Gasteiger partial charge in [0.2, 0.25) is 0 Å². The molecule has 1 N–H and O–H groups in total. The predicted molar refractivity (Wildman–Crippen MR) is 110 cm³/mol. The summed E-state index contributed by atoms with van der Waals surface area (Å²) >= 11 is 1.30. The van der Waals surface area contributed by atoms with Gasteiger partial charge in [-0.25, -0.2) is 13.4 Å². The Morgan fingerprint density at radius 2 is 1.75 bits per heavy atom. The number of thioether (sulfide) groups is 1. The van der Waals surface area contributed by atoms with Gasteiger partial charge in [-0.15, -0.1) is 0 Å². The fourth-order valence-corrected chi connectivity index (χ4v) is 4.03. The molecule has 0 saturated carbocycles. The number of nitrogens with one attached hydrogen (secondary N) is 1. The molecule has 0 saturated heterocycles. The van der Waals surface area contributed by atoms with E-state index in [2.05, 4.69) is 9.97 Å². The molecular weight excluding hydrogens is 396 g/mol. The van der Waals surface area contributed by atoms with Gasteiger partial charge in [0.05, 0.1) is 22.9 Å². The summed E-state index contributed by atoms with van der Waals surface area (Å²) < 4.78 is 28.3. The molecule has 0 unspecified atom stereocenters. The van der Waals surface area contributed by atoms with Crippen LogP contribution in [0.4, 0.5) is 0 Å². The summed E-state index contributed by atoms with van der Waals surface area (Å²) in [6.45, 7) is 2.11. The standard InChI is InChI=1S/C20H20N2O4S2/c1-3-26-17(23)13-27-20-18(14-7-5-4-6-8-14)21-19(22-20)15-9-11-16(12-10-15)28(2,24)25/h4-12H,3,13H2,1-2H3,(H,21,22). The zero-order valence-electron chi connectivity index (χ0n) is 15.5. The van der Waals surface area contributed by atoms with E-state index in [1.807, 2.05) is 30.3 Å². The van der Waals surface area contributed by atoms with Gasteiger partial charge in [-0.05, 0) is 31.2 Å². The molecule has 0 amide bonds. The zero-order valence-corrected chi connectivity index (χ0v) is 17.1. The number of ether oxygens (including phenoxy) is 1. The van der Waals surface area contributed by atoms with Crippen LogP contribution in [0, 0.1) is 0 Å². The molecular formula is C20H20N2O4S2. The van der Waals surface area contributed by atoms with Gasteiger partial charge in [0, 0.05) is 17.4 Å². The second kappa shape index (κ2) is 8.62. The summed E-state index contributed by atoms with van der Waals surface area (Å²) in [7, 11) is -3.26. The number of hydrogen-bond donors (Lipinski definition) is 1. The van der Waals surface area contributed by atoms with Gasteiger partial charge in [0.1, 0.15) is 10.9 Å². The summed E-state index contributed by atoms with van der Waals surface area (Å²) in [6.07, 6.45) is 1.17. The van der Waals surface area contributed by atoms with Crippen molar-refractivity contribution in [2.45, 2.75) is 16.8 Å². The van der Waals surface area contributed by atoms with E-state index in [9.17, 15) is 13.2 Å². The third-order valence-electron chi connectivity index (χ3n) is 3.92. The largest absolute Gasteiger partial charge is 0.465 e. The van der Waals surface area contributed by atoms with Gasteiger partial charge in [-0.2, -0.15) is 0 Å². The Labute approximate surface area is 168 Å². The third kappa shape index (κ3) is 4.82. The van der Waals surface area contributed by atoms with Gasteiger partial charge in [-0.1, -0.05) is 42.1 Å². The number of nitrogens with zero attached hydrogens (tertiary/aromatic N) is 1. The molecule has 146 valence electrons. The highest BCUT2D eigenvalue weighted by Gasteiger charge is 2.16. The predicted octanol–water partition coefficient (Wildman–Crippen LogP) is 3.80. The maximum absolute atomic E-state index is 11.7. The fraction of sp³-hybridized carbons (Fsp3) is 0.200. The van der Waals surface area contributed by atoms with E-state index < -0.39 is 9.84 Å². The number of H-pyrrole nitrogens is 1. The first kappa shape index (κ1) is 20.2. The molecule has 1 heterocycles. The molecule has 6 nitrogen and oxygen atoms in total. The number of aromatic amines is 1. The molecule has 0 spiro atoms. The first-order chi connectivity index (χ1) is 13.4. The average Bonchev–Trinajstić information content (AvgIpc) is 3.11. The molecule has 0 aliphatic rings. The minimum absolute atomic E-state index is 0.158. The topological polar surface area (TPSA) is 89.1 Å². The fourth-order valence-electron chi connectivity index (χ4n) is 2.59. The van der Waals surface area contributed by atoms with Crippen LogP contribution < -0.4 is 0 Å². The van der Waals surface area contributed by atoms with E-state index in [0.29, 0.717) is 17.5 Å². The van der Waals surface area contributed by atoms with Crippen LogP contribution in [0.1, 0.15) is 6.92 Å². The molecule has 0 fully saturated rings. The summed E-state index contributed by atoms with van der Waals surface area (Å²) in [4.78, 5) is 19.9. The quantitative estimate of drug-likeness (QED) is 0.465. The minimum atomic E-state index is -3.26. The lowest BCUT2D eigenvalue weighted by atomic mass is 10.2. The second-order valence-corrected chi connectivity index (χ2v) is 9.00. The number of rotatable bonds is 7. The maximum atomic E-state index is 11.7. The number of imidazole rings is 1. The number of esters is 1. The van der Waals surface area contributed by atoms with E-state index in [0.717, 1.165) is 16.8 Å². The van der Waals surface area contributed by atoms with Crippen molar-refractivity contribution in [2.75, 3.05) is 18.6 Å². The van der Waals surface area contributed by atoms with E-state index in [1.165, 1.54) is 18.0 Å². The van der Waals surface area contributed by atoms with Gasteiger partial charge < -0.3 is 9.72 Å². The monoisotopic (exact) mass is 416 g/mol. The molecule has 28 heavy (non-hydrogen) atoms. The first-order valence-corrected chi connectivity index (χ1v) is 11.5. The molecule has 8 heteroatoms. The molecule has 0 aliphatic heterocycles. The summed E-state index contributed by atoms with van der Waals surface area (Å²) in [6, 6.07) is 16.2. The van der Waals surface area contributed by atoms with Gasteiger partial charge in [0.25, 0.3) is 0 Å². The SMILES string of the molecule is CCOC(=O)CSc1nc(-c2ccc(S(C)(=O)=O)cc2)[nH]c1-c1ccccc1. The summed E-state index contributed by atoms with van der Waals surface area (Å²) in [5, 5.41) is 0.682. The van der Waals surface area contributed by atoms with Crippen molar-refractivity contribution >= 4 is 27.6 Å². The molecule has 0 atom stereocenters. The lowest BCUT2D eigenvalue weighted by Crippen LogP contribution is -2.06. The van der Waals surface area contributed by atoms with Crippen LogP contribution in [-0.2, 0) is 19.4 Å². The lowest BCUT2D eigenvalue weighted by molar-refractivity contribution is -0.139. The highest BCUT2D eigenvalue weighted by atomic mass is 32.2. The lowest BCUT2D eigenvalue weighted by Gasteiger charge is -2.03. The van der Waals surface area contributed by atoms with Crippen LogP contribution in [0.25, 0.3) is 22.6 Å². The Morgan fingerprint density at radius 1 is 1.07 bits per heavy atom. The molecule has 3 rings (SSSR count). The normalized spacial score (nSPS) is 11.4. The van der Waals surface area contributed by atoms with Crippen molar-refractivity contribution in [2.24, 2.45) is 0 Å². The van der Waals surface area contributed by atoms with Gasteiger partial charge in [0.15, 0.2) is 9.84 Å². The van der Waals surface area contributed by atoms with E-state index in [-0.39, 0.29) is 16.6 Å². The van der Waals surface area contributed by atoms with Crippen LogP contribution in [0.5, 0.6) is 0 Å². The maximum Gasteiger partial charge on any atom is 0.316 e. The second-order valence-electron chi connectivity index (χ2n) is 6.02. The van der Waals surface area contributed by atoms with Crippen LogP contribution in [0.15, 0.2) is 64.5 Å². The van der Waals surface area contributed by atoms with Crippen molar-refractivity contribution in [3.63, 3.8) is 0 Å². The highest BCUT2D eigenvalue weighted by molar-refractivity contribution is 8.00. The molecule has 0 radical (unpaired) electrons. The Bertz CT molecular complexity index is 1060. The van der Waals surface area contributed by atoms with E-state index >= 15 is 0 Å². The number of sulfone groups is 1.